The molecular formula is C14H17ClN4OS. The van der Waals surface area contributed by atoms with E-state index in [1.54, 1.807) is 24.0 Å². The number of carbonyl (C=O) groups excluding carboxylic acids is 1. The van der Waals surface area contributed by atoms with E-state index in [9.17, 15) is 4.79 Å². The molecule has 0 bridgehead atoms. The Balaban J connectivity index is 1.54. The Morgan fingerprint density at radius 2 is 2.38 bits per heavy atom. The van der Waals surface area contributed by atoms with Crippen LogP contribution in [0.1, 0.15) is 30.2 Å². The second-order valence-electron chi connectivity index (χ2n) is 5.22. The fourth-order valence-electron chi connectivity index (χ4n) is 2.68. The van der Waals surface area contributed by atoms with Gasteiger partial charge < -0.3 is 4.90 Å². The first-order valence-electron chi connectivity index (χ1n) is 7.08. The zero-order valence-electron chi connectivity index (χ0n) is 11.6. The van der Waals surface area contributed by atoms with E-state index in [-0.39, 0.29) is 11.9 Å². The lowest BCUT2D eigenvalue weighted by molar-refractivity contribution is -0.132. The van der Waals surface area contributed by atoms with Crippen molar-refractivity contribution >= 4 is 28.8 Å². The standard InChI is InChI=1S/C14H17ClN4OS/c15-13-5-3-12(21-13)4-6-14(20)18-7-1-2-11(8-18)19-10-16-9-17-19/h3,5,9-11H,1-2,4,6-8H2/t11-/m0/s1. The molecule has 1 aliphatic rings. The van der Waals surface area contributed by atoms with Crippen LogP contribution in [0.25, 0.3) is 0 Å². The van der Waals surface area contributed by atoms with Gasteiger partial charge in [-0.3, -0.25) is 4.79 Å². The smallest absolute Gasteiger partial charge is 0.223 e. The first-order chi connectivity index (χ1) is 10.2. The molecule has 0 saturated carbocycles. The topological polar surface area (TPSA) is 51.0 Å². The van der Waals surface area contributed by atoms with Crippen molar-refractivity contribution in [3.05, 3.63) is 34.0 Å². The van der Waals surface area contributed by atoms with Gasteiger partial charge in [0.1, 0.15) is 12.7 Å². The van der Waals surface area contributed by atoms with Crippen molar-refractivity contribution in [1.82, 2.24) is 19.7 Å². The highest BCUT2D eigenvalue weighted by atomic mass is 35.5. The predicted octanol–water partition coefficient (Wildman–Crippen LogP) is 2.79. The van der Waals surface area contributed by atoms with Crippen molar-refractivity contribution in [1.29, 1.82) is 0 Å². The Bertz CT molecular complexity index is 598. The molecule has 112 valence electrons. The molecule has 0 aliphatic carbocycles. The summed E-state index contributed by atoms with van der Waals surface area (Å²) in [5.41, 5.74) is 0. The normalized spacial score (nSPS) is 18.9. The second kappa shape index (κ2) is 6.58. The summed E-state index contributed by atoms with van der Waals surface area (Å²) in [7, 11) is 0. The summed E-state index contributed by atoms with van der Waals surface area (Å²) in [6, 6.07) is 4.13. The summed E-state index contributed by atoms with van der Waals surface area (Å²) < 4.78 is 2.64. The van der Waals surface area contributed by atoms with Crippen LogP contribution >= 0.6 is 22.9 Å². The highest BCUT2D eigenvalue weighted by molar-refractivity contribution is 7.16. The largest absolute Gasteiger partial charge is 0.341 e. The number of amides is 1. The van der Waals surface area contributed by atoms with E-state index in [1.165, 1.54) is 0 Å². The molecular weight excluding hydrogens is 308 g/mol. The maximum absolute atomic E-state index is 12.3. The summed E-state index contributed by atoms with van der Waals surface area (Å²) >= 11 is 7.46. The third-order valence-electron chi connectivity index (χ3n) is 3.77. The van der Waals surface area contributed by atoms with E-state index in [0.29, 0.717) is 6.42 Å². The minimum atomic E-state index is 0.212. The number of likely N-dealkylation sites (tertiary alicyclic amines) is 1. The van der Waals surface area contributed by atoms with Crippen LogP contribution < -0.4 is 0 Å². The third-order valence-corrected chi connectivity index (χ3v) is 5.06. The summed E-state index contributed by atoms with van der Waals surface area (Å²) in [6.45, 7) is 1.57. The average Bonchev–Trinajstić information content (AvgIpc) is 3.16. The fourth-order valence-corrected chi connectivity index (χ4v) is 3.76. The molecule has 2 aromatic heterocycles. The number of nitrogens with zero attached hydrogens (tertiary/aromatic N) is 4. The summed E-state index contributed by atoms with van der Waals surface area (Å²) in [4.78, 5) is 19.4. The van der Waals surface area contributed by atoms with Gasteiger partial charge in [-0.05, 0) is 31.4 Å². The van der Waals surface area contributed by atoms with Crippen molar-refractivity contribution in [3.8, 4) is 0 Å². The summed E-state index contributed by atoms with van der Waals surface area (Å²) in [6.07, 6.45) is 6.64. The number of aryl methyl sites for hydroxylation is 1. The summed E-state index contributed by atoms with van der Waals surface area (Å²) in [5, 5.41) is 4.18. The van der Waals surface area contributed by atoms with Gasteiger partial charge in [0.05, 0.1) is 10.4 Å². The van der Waals surface area contributed by atoms with Crippen LogP contribution in [0, 0.1) is 0 Å². The SMILES string of the molecule is O=C(CCc1ccc(Cl)s1)N1CCC[C@H](n2cncn2)C1. The minimum Gasteiger partial charge on any atom is -0.341 e. The molecule has 0 N–H and O–H groups in total. The van der Waals surface area contributed by atoms with Crippen LogP contribution in [-0.2, 0) is 11.2 Å². The number of thiophene rings is 1. The third kappa shape index (κ3) is 3.63. The van der Waals surface area contributed by atoms with Gasteiger partial charge in [-0.25, -0.2) is 9.67 Å². The van der Waals surface area contributed by atoms with Gasteiger partial charge in [-0.1, -0.05) is 11.6 Å². The number of hydrogen-bond donors (Lipinski definition) is 0. The van der Waals surface area contributed by atoms with Gasteiger partial charge in [0.25, 0.3) is 0 Å². The van der Waals surface area contributed by atoms with E-state index in [2.05, 4.69) is 10.1 Å². The van der Waals surface area contributed by atoms with E-state index < -0.39 is 0 Å². The fraction of sp³-hybridized carbons (Fsp3) is 0.500. The van der Waals surface area contributed by atoms with Crippen molar-refractivity contribution in [2.24, 2.45) is 0 Å². The molecule has 7 heteroatoms. The molecule has 1 amide bonds. The lowest BCUT2D eigenvalue weighted by atomic mass is 10.1. The van der Waals surface area contributed by atoms with Crippen LogP contribution in [0.4, 0.5) is 0 Å². The maximum atomic E-state index is 12.3. The Labute approximate surface area is 132 Å². The molecule has 0 radical (unpaired) electrons. The Hall–Kier alpha value is -1.40. The zero-order valence-corrected chi connectivity index (χ0v) is 13.2. The predicted molar refractivity (Wildman–Crippen MR) is 82.5 cm³/mol. The van der Waals surface area contributed by atoms with Gasteiger partial charge in [-0.15, -0.1) is 11.3 Å². The molecule has 3 rings (SSSR count). The average molecular weight is 325 g/mol. The molecule has 5 nitrogen and oxygen atoms in total. The zero-order chi connectivity index (χ0) is 14.7. The van der Waals surface area contributed by atoms with E-state index in [0.717, 1.165) is 41.6 Å². The molecule has 0 spiro atoms. The number of aromatic nitrogens is 3. The lowest BCUT2D eigenvalue weighted by Gasteiger charge is -2.32. The molecule has 21 heavy (non-hydrogen) atoms. The molecule has 1 saturated heterocycles. The Morgan fingerprint density at radius 1 is 1.48 bits per heavy atom. The van der Waals surface area contributed by atoms with Gasteiger partial charge in [0.2, 0.25) is 5.91 Å². The molecule has 3 heterocycles. The molecule has 0 unspecified atom stereocenters. The van der Waals surface area contributed by atoms with Gasteiger partial charge >= 0.3 is 0 Å². The quantitative estimate of drug-likeness (QED) is 0.869. The number of rotatable bonds is 4. The minimum absolute atomic E-state index is 0.212. The monoisotopic (exact) mass is 324 g/mol. The first-order valence-corrected chi connectivity index (χ1v) is 8.28. The number of hydrogen-bond acceptors (Lipinski definition) is 4. The maximum Gasteiger partial charge on any atom is 0.223 e. The highest BCUT2D eigenvalue weighted by Crippen LogP contribution is 2.24. The molecule has 1 fully saturated rings. The van der Waals surface area contributed by atoms with Crippen LogP contribution in [-0.4, -0.2) is 38.7 Å². The first kappa shape index (κ1) is 14.5. The van der Waals surface area contributed by atoms with E-state index >= 15 is 0 Å². The number of carbonyl (C=O) groups is 1. The number of piperidine rings is 1. The van der Waals surface area contributed by atoms with E-state index in [1.807, 2.05) is 21.7 Å². The second-order valence-corrected chi connectivity index (χ2v) is 7.02. The van der Waals surface area contributed by atoms with Crippen molar-refractivity contribution in [2.45, 2.75) is 31.7 Å². The lowest BCUT2D eigenvalue weighted by Crippen LogP contribution is -2.40. The van der Waals surface area contributed by atoms with Crippen LogP contribution in [0.3, 0.4) is 0 Å². The van der Waals surface area contributed by atoms with Crippen LogP contribution in [0.15, 0.2) is 24.8 Å². The Morgan fingerprint density at radius 3 is 3.10 bits per heavy atom. The van der Waals surface area contributed by atoms with Crippen molar-refractivity contribution in [3.63, 3.8) is 0 Å². The van der Waals surface area contributed by atoms with Crippen LogP contribution in [0.5, 0.6) is 0 Å². The number of halogens is 1. The van der Waals surface area contributed by atoms with Crippen LogP contribution in [0.2, 0.25) is 4.34 Å². The molecule has 2 aromatic rings. The van der Waals surface area contributed by atoms with Gasteiger partial charge in [0, 0.05) is 24.4 Å². The molecule has 0 aromatic carbocycles. The van der Waals surface area contributed by atoms with Crippen molar-refractivity contribution in [2.75, 3.05) is 13.1 Å². The van der Waals surface area contributed by atoms with E-state index in [4.69, 9.17) is 11.6 Å². The van der Waals surface area contributed by atoms with Crippen molar-refractivity contribution < 1.29 is 4.79 Å². The van der Waals surface area contributed by atoms with Gasteiger partial charge in [0.15, 0.2) is 0 Å². The Kier molecular flexibility index (Phi) is 4.55. The summed E-state index contributed by atoms with van der Waals surface area (Å²) in [5.74, 6) is 0.212. The molecule has 1 atom stereocenters. The highest BCUT2D eigenvalue weighted by Gasteiger charge is 2.24. The molecule has 1 aliphatic heterocycles. The van der Waals surface area contributed by atoms with Gasteiger partial charge in [-0.2, -0.15) is 5.10 Å².